The SMILES string of the molecule is CCCN1CC=C[C@H]2S[C@]34C=CCN(C(C)C)C(=O)C3N(CCCCO)C(=O)[C@@H]4[C@H]2C1=O. The Kier molecular flexibility index (Phi) is 6.73. The summed E-state index contributed by atoms with van der Waals surface area (Å²) in [4.78, 5) is 46.8. The molecule has 0 saturated carbocycles. The van der Waals surface area contributed by atoms with Crippen molar-refractivity contribution in [2.45, 2.75) is 62.1 Å². The quantitative estimate of drug-likeness (QED) is 0.461. The van der Waals surface area contributed by atoms with E-state index in [-0.39, 0.29) is 35.6 Å². The number of hydrogen-bond acceptors (Lipinski definition) is 5. The summed E-state index contributed by atoms with van der Waals surface area (Å²) < 4.78 is -0.735. The average Bonchev–Trinajstić information content (AvgIpc) is 3.06. The molecule has 4 aliphatic heterocycles. The van der Waals surface area contributed by atoms with Gasteiger partial charge in [0, 0.05) is 44.1 Å². The smallest absolute Gasteiger partial charge is 0.247 e. The zero-order chi connectivity index (χ0) is 23.0. The highest BCUT2D eigenvalue weighted by Gasteiger charge is 2.70. The van der Waals surface area contributed by atoms with E-state index in [0.717, 1.165) is 6.42 Å². The van der Waals surface area contributed by atoms with Gasteiger partial charge in [-0.2, -0.15) is 0 Å². The van der Waals surface area contributed by atoms with Crippen molar-refractivity contribution in [2.24, 2.45) is 11.8 Å². The first-order chi connectivity index (χ1) is 15.4. The Hall–Kier alpha value is -1.80. The topological polar surface area (TPSA) is 81.2 Å². The predicted molar refractivity (Wildman–Crippen MR) is 125 cm³/mol. The van der Waals surface area contributed by atoms with E-state index in [1.165, 1.54) is 0 Å². The Morgan fingerprint density at radius 3 is 2.56 bits per heavy atom. The number of amides is 3. The highest BCUT2D eigenvalue weighted by Crippen LogP contribution is 2.61. The van der Waals surface area contributed by atoms with E-state index >= 15 is 0 Å². The first-order valence-electron chi connectivity index (χ1n) is 11.9. The van der Waals surface area contributed by atoms with Gasteiger partial charge in [0.2, 0.25) is 17.7 Å². The number of nitrogens with zero attached hydrogens (tertiary/aromatic N) is 3. The molecule has 0 aromatic rings. The number of carbonyl (C=O) groups excluding carboxylic acids is 3. The minimum Gasteiger partial charge on any atom is -0.396 e. The van der Waals surface area contributed by atoms with Crippen LogP contribution in [-0.2, 0) is 14.4 Å². The van der Waals surface area contributed by atoms with Crippen molar-refractivity contribution in [3.05, 3.63) is 24.3 Å². The molecule has 0 aromatic heterocycles. The van der Waals surface area contributed by atoms with E-state index < -0.39 is 22.6 Å². The third-order valence-electron chi connectivity index (χ3n) is 7.20. The molecule has 32 heavy (non-hydrogen) atoms. The van der Waals surface area contributed by atoms with Gasteiger partial charge in [0.25, 0.3) is 0 Å². The normalized spacial score (nSPS) is 34.2. The minimum atomic E-state index is -0.735. The van der Waals surface area contributed by atoms with E-state index in [2.05, 4.69) is 19.1 Å². The highest BCUT2D eigenvalue weighted by atomic mass is 32.2. The fraction of sp³-hybridized carbons (Fsp3) is 0.708. The number of aliphatic hydroxyl groups excluding tert-OH is 1. The van der Waals surface area contributed by atoms with E-state index in [1.807, 2.05) is 35.8 Å². The molecule has 0 aliphatic carbocycles. The first kappa shape index (κ1) is 23.4. The lowest BCUT2D eigenvalue weighted by Crippen LogP contribution is -2.54. The maximum absolute atomic E-state index is 13.9. The van der Waals surface area contributed by atoms with E-state index in [1.54, 1.807) is 16.7 Å². The molecule has 7 nitrogen and oxygen atoms in total. The van der Waals surface area contributed by atoms with Crippen molar-refractivity contribution in [2.75, 3.05) is 32.8 Å². The zero-order valence-electron chi connectivity index (χ0n) is 19.3. The van der Waals surface area contributed by atoms with Crippen molar-refractivity contribution in [3.63, 3.8) is 0 Å². The summed E-state index contributed by atoms with van der Waals surface area (Å²) in [5.41, 5.74) is 0. The van der Waals surface area contributed by atoms with Gasteiger partial charge in [-0.25, -0.2) is 0 Å². The molecule has 1 spiro atoms. The van der Waals surface area contributed by atoms with Crippen LogP contribution in [0, 0.1) is 11.8 Å². The molecule has 4 aliphatic rings. The van der Waals surface area contributed by atoms with Crippen molar-refractivity contribution in [3.8, 4) is 0 Å². The molecule has 3 amide bonds. The van der Waals surface area contributed by atoms with Crippen molar-refractivity contribution in [1.29, 1.82) is 0 Å². The fourth-order valence-corrected chi connectivity index (χ4v) is 7.78. The second-order valence-electron chi connectivity index (χ2n) is 9.50. The largest absolute Gasteiger partial charge is 0.396 e. The average molecular weight is 462 g/mol. The number of carbonyl (C=O) groups is 3. The molecule has 4 rings (SSSR count). The van der Waals surface area contributed by atoms with Crippen LogP contribution in [0.5, 0.6) is 0 Å². The standard InChI is InChI=1S/C24H35N3O4S/c1-4-11-25-12-7-9-17-18(21(25)29)19-22(30)27(13-5-6-15-28)20-23(31)26(16(2)3)14-8-10-24(19,20)32-17/h7-10,16-20,28H,4-6,11-15H2,1-3H3/t17-,18+,19+,20?,24+/m1/s1. The Morgan fingerprint density at radius 1 is 1.09 bits per heavy atom. The van der Waals surface area contributed by atoms with Gasteiger partial charge in [0.15, 0.2) is 0 Å². The lowest BCUT2D eigenvalue weighted by molar-refractivity contribution is -0.144. The molecule has 1 N–H and O–H groups in total. The van der Waals surface area contributed by atoms with Crippen molar-refractivity contribution in [1.82, 2.24) is 14.7 Å². The molecule has 0 radical (unpaired) electrons. The van der Waals surface area contributed by atoms with Gasteiger partial charge in [0.1, 0.15) is 6.04 Å². The van der Waals surface area contributed by atoms with Crippen molar-refractivity contribution >= 4 is 29.5 Å². The molecule has 1 unspecified atom stereocenters. The second-order valence-corrected chi connectivity index (χ2v) is 11.0. The molecule has 2 saturated heterocycles. The van der Waals surface area contributed by atoms with Crippen LogP contribution in [0.3, 0.4) is 0 Å². The first-order valence-corrected chi connectivity index (χ1v) is 12.8. The number of unbranched alkanes of at least 4 members (excludes halogenated alkanes) is 1. The summed E-state index contributed by atoms with van der Waals surface area (Å²) in [6.45, 7) is 8.29. The molecule has 2 fully saturated rings. The molecule has 8 heteroatoms. The Balaban J connectivity index is 1.78. The lowest BCUT2D eigenvalue weighted by atomic mass is 9.78. The summed E-state index contributed by atoms with van der Waals surface area (Å²) in [6, 6.07) is -0.591. The molecule has 0 aromatic carbocycles. The highest BCUT2D eigenvalue weighted by molar-refractivity contribution is 8.02. The lowest BCUT2D eigenvalue weighted by Gasteiger charge is -2.36. The van der Waals surface area contributed by atoms with Crippen LogP contribution in [-0.4, -0.2) is 92.4 Å². The van der Waals surface area contributed by atoms with Gasteiger partial charge >= 0.3 is 0 Å². The molecule has 0 bridgehead atoms. The second kappa shape index (κ2) is 9.21. The third-order valence-corrected chi connectivity index (χ3v) is 8.94. The van der Waals surface area contributed by atoms with Gasteiger partial charge in [-0.05, 0) is 33.1 Å². The number of rotatable bonds is 7. The maximum Gasteiger partial charge on any atom is 0.247 e. The molecule has 4 heterocycles. The Morgan fingerprint density at radius 2 is 1.88 bits per heavy atom. The maximum atomic E-state index is 13.9. The summed E-state index contributed by atoms with van der Waals surface area (Å²) in [6.07, 6.45) is 10.3. The number of likely N-dealkylation sites (tertiary alicyclic amines) is 1. The van der Waals surface area contributed by atoms with Crippen LogP contribution in [0.25, 0.3) is 0 Å². The van der Waals surface area contributed by atoms with Crippen LogP contribution >= 0.6 is 11.8 Å². The molecule has 176 valence electrons. The van der Waals surface area contributed by atoms with Gasteiger partial charge in [-0.15, -0.1) is 11.8 Å². The summed E-state index contributed by atoms with van der Waals surface area (Å²) in [5, 5.41) is 9.15. The third kappa shape index (κ3) is 3.59. The van der Waals surface area contributed by atoms with E-state index in [0.29, 0.717) is 39.0 Å². The zero-order valence-corrected chi connectivity index (χ0v) is 20.1. The minimum absolute atomic E-state index is 0.0224. The van der Waals surface area contributed by atoms with E-state index in [9.17, 15) is 19.5 Å². The van der Waals surface area contributed by atoms with Gasteiger partial charge < -0.3 is 19.8 Å². The Bertz CT molecular complexity index is 828. The predicted octanol–water partition coefficient (Wildman–Crippen LogP) is 1.67. The number of aliphatic hydroxyl groups is 1. The van der Waals surface area contributed by atoms with Crippen LogP contribution in [0.2, 0.25) is 0 Å². The molecule has 5 atom stereocenters. The van der Waals surface area contributed by atoms with Gasteiger partial charge in [0.05, 0.1) is 16.6 Å². The summed E-state index contributed by atoms with van der Waals surface area (Å²) in [5.74, 6) is -1.08. The number of hydrogen-bond donors (Lipinski definition) is 1. The summed E-state index contributed by atoms with van der Waals surface area (Å²) in [7, 11) is 0. The Labute approximate surface area is 194 Å². The van der Waals surface area contributed by atoms with E-state index in [4.69, 9.17) is 0 Å². The molecular formula is C24H35N3O4S. The summed E-state index contributed by atoms with van der Waals surface area (Å²) >= 11 is 1.63. The van der Waals surface area contributed by atoms with Crippen molar-refractivity contribution < 1.29 is 19.5 Å². The molecular weight excluding hydrogens is 426 g/mol. The van der Waals surface area contributed by atoms with Crippen LogP contribution in [0.4, 0.5) is 0 Å². The monoisotopic (exact) mass is 461 g/mol. The van der Waals surface area contributed by atoms with Crippen LogP contribution in [0.15, 0.2) is 24.3 Å². The van der Waals surface area contributed by atoms with Gasteiger partial charge in [-0.1, -0.05) is 31.2 Å². The van der Waals surface area contributed by atoms with Crippen LogP contribution < -0.4 is 0 Å². The number of thioether (sulfide) groups is 1. The van der Waals surface area contributed by atoms with Crippen LogP contribution in [0.1, 0.15) is 40.0 Å². The fourth-order valence-electron chi connectivity index (χ4n) is 5.78. The number of fused-ring (bicyclic) bond motifs is 2. The van der Waals surface area contributed by atoms with Gasteiger partial charge in [-0.3, -0.25) is 14.4 Å².